The van der Waals surface area contributed by atoms with Gasteiger partial charge in [0.15, 0.2) is 0 Å². The first-order valence-electron chi connectivity index (χ1n) is 6.37. The highest BCUT2D eigenvalue weighted by Gasteiger charge is 2.10. The molecule has 0 aliphatic rings. The van der Waals surface area contributed by atoms with Crippen molar-refractivity contribution in [3.05, 3.63) is 28.0 Å². The van der Waals surface area contributed by atoms with E-state index >= 15 is 0 Å². The van der Waals surface area contributed by atoms with Gasteiger partial charge < -0.3 is 20.1 Å². The average molecular weight is 372 g/mol. The molecule has 1 aromatic carbocycles. The summed E-state index contributed by atoms with van der Waals surface area (Å²) >= 11 is 2.28. The zero-order valence-electron chi connectivity index (χ0n) is 11.1. The van der Waals surface area contributed by atoms with Crippen LogP contribution in [0.2, 0.25) is 0 Å². The van der Waals surface area contributed by atoms with Crippen molar-refractivity contribution in [2.24, 2.45) is 0 Å². The molecule has 0 saturated carbocycles. The number of aliphatic hydroxyl groups excluding tert-OH is 1. The van der Waals surface area contributed by atoms with Gasteiger partial charge in [0.2, 0.25) is 0 Å². The number of ether oxygens (including phenoxy) is 1. The van der Waals surface area contributed by atoms with Gasteiger partial charge in [-0.25, -0.2) is 0 Å². The van der Waals surface area contributed by atoms with Crippen molar-refractivity contribution in [3.8, 4) is 5.75 Å². The molecule has 0 unspecified atom stereocenters. The van der Waals surface area contributed by atoms with Crippen molar-refractivity contribution in [2.75, 3.05) is 13.2 Å². The maximum absolute atomic E-state index is 9.85. The highest BCUT2D eigenvalue weighted by Crippen LogP contribution is 2.29. The third kappa shape index (κ3) is 3.84. The van der Waals surface area contributed by atoms with Crippen molar-refractivity contribution < 1.29 is 9.84 Å². The van der Waals surface area contributed by atoms with Crippen LogP contribution in [0.3, 0.4) is 0 Å². The lowest BCUT2D eigenvalue weighted by atomic mass is 10.2. The van der Waals surface area contributed by atoms with Gasteiger partial charge in [-0.05, 0) is 34.7 Å². The fourth-order valence-electron chi connectivity index (χ4n) is 1.85. The van der Waals surface area contributed by atoms with E-state index in [0.29, 0.717) is 19.2 Å². The van der Waals surface area contributed by atoms with Gasteiger partial charge in [-0.15, -0.1) is 0 Å². The predicted octanol–water partition coefficient (Wildman–Crippen LogP) is 2.51. The summed E-state index contributed by atoms with van der Waals surface area (Å²) in [5.41, 5.74) is 1.05. The number of rotatable bonds is 6. The highest BCUT2D eigenvalue weighted by molar-refractivity contribution is 14.1. The molecule has 1 aromatic heterocycles. The monoisotopic (exact) mass is 372 g/mol. The van der Waals surface area contributed by atoms with E-state index < -0.39 is 6.10 Å². The summed E-state index contributed by atoms with van der Waals surface area (Å²) in [5, 5.41) is 14.1. The molecule has 3 N–H and O–H groups in total. The van der Waals surface area contributed by atoms with Crippen molar-refractivity contribution >= 4 is 33.5 Å². The first kappa shape index (κ1) is 14.6. The Bertz CT molecular complexity index is 539. The van der Waals surface area contributed by atoms with E-state index in [2.05, 4.69) is 46.7 Å². The maximum Gasteiger partial charge on any atom is 0.129 e. The fourth-order valence-corrected chi connectivity index (χ4v) is 2.56. The average Bonchev–Trinajstić information content (AvgIpc) is 2.76. The highest BCUT2D eigenvalue weighted by atomic mass is 125. The summed E-state index contributed by atoms with van der Waals surface area (Å²) < 4.78 is 6.86. The Morgan fingerprint density at radius 3 is 2.95 bits per heavy atom. The van der Waals surface area contributed by atoms with Crippen LogP contribution in [0.5, 0.6) is 5.75 Å². The van der Waals surface area contributed by atoms with E-state index in [1.165, 1.54) is 0 Å². The number of hydrogen-bond donors (Lipinski definition) is 3. The van der Waals surface area contributed by atoms with Crippen LogP contribution in [0.25, 0.3) is 10.9 Å². The Morgan fingerprint density at radius 2 is 2.21 bits per heavy atom. The minimum atomic E-state index is -0.505. The molecule has 0 aliphatic heterocycles. The van der Waals surface area contributed by atoms with Crippen LogP contribution in [0, 0.1) is 3.57 Å². The molecule has 0 amide bonds. The van der Waals surface area contributed by atoms with E-state index in [4.69, 9.17) is 4.74 Å². The summed E-state index contributed by atoms with van der Waals surface area (Å²) in [6, 6.07) is 6.26. The summed E-state index contributed by atoms with van der Waals surface area (Å²) in [6.07, 6.45) is 1.45. The van der Waals surface area contributed by atoms with Crippen molar-refractivity contribution in [3.63, 3.8) is 0 Å². The van der Waals surface area contributed by atoms with Gasteiger partial charge in [-0.3, -0.25) is 0 Å². The molecule has 4 nitrogen and oxygen atoms in total. The van der Waals surface area contributed by atoms with Crippen LogP contribution in [-0.4, -0.2) is 35.4 Å². The number of aromatic amines is 1. The Labute approximate surface area is 126 Å². The molecule has 0 aliphatic carbocycles. The Balaban J connectivity index is 2.00. The molecule has 104 valence electrons. The third-order valence-corrected chi connectivity index (χ3v) is 3.66. The smallest absolute Gasteiger partial charge is 0.129 e. The molecule has 0 radical (unpaired) electrons. The molecule has 19 heavy (non-hydrogen) atoms. The molecule has 5 heteroatoms. The molecule has 1 atom stereocenters. The summed E-state index contributed by atoms with van der Waals surface area (Å²) in [5.74, 6) is 0.812. The van der Waals surface area contributed by atoms with Crippen LogP contribution in [0.15, 0.2) is 24.4 Å². The number of nitrogens with one attached hydrogen (secondary N) is 2. The van der Waals surface area contributed by atoms with E-state index in [1.54, 1.807) is 0 Å². The Hall–Kier alpha value is -0.790. The number of aliphatic hydroxyl groups is 1. The van der Waals surface area contributed by atoms with Crippen molar-refractivity contribution in [2.45, 2.75) is 26.0 Å². The van der Waals surface area contributed by atoms with Gasteiger partial charge in [0, 0.05) is 22.4 Å². The van der Waals surface area contributed by atoms with Crippen molar-refractivity contribution in [1.29, 1.82) is 0 Å². The minimum absolute atomic E-state index is 0.292. The zero-order valence-corrected chi connectivity index (χ0v) is 13.3. The number of H-pyrrole nitrogens is 1. The molecule has 0 bridgehead atoms. The molecule has 0 saturated heterocycles. The van der Waals surface area contributed by atoms with E-state index in [0.717, 1.165) is 20.2 Å². The predicted molar refractivity (Wildman–Crippen MR) is 85.7 cm³/mol. The van der Waals surface area contributed by atoms with Crippen LogP contribution in [-0.2, 0) is 0 Å². The minimum Gasteiger partial charge on any atom is -0.490 e. The molecule has 1 heterocycles. The maximum atomic E-state index is 9.85. The lowest BCUT2D eigenvalue weighted by Crippen LogP contribution is -2.35. The second kappa shape index (κ2) is 6.58. The Kier molecular flexibility index (Phi) is 5.06. The summed E-state index contributed by atoms with van der Waals surface area (Å²) in [7, 11) is 0. The Morgan fingerprint density at radius 1 is 1.42 bits per heavy atom. The number of benzene rings is 1. The number of hydrogen-bond acceptors (Lipinski definition) is 3. The van der Waals surface area contributed by atoms with Crippen LogP contribution < -0.4 is 10.1 Å². The molecule has 0 spiro atoms. The summed E-state index contributed by atoms with van der Waals surface area (Å²) in [6.45, 7) is 4.94. The van der Waals surface area contributed by atoms with Gasteiger partial charge in [0.1, 0.15) is 18.5 Å². The standard InChI is InChI=1S/C14H19IN2O2/c1-9(2)16-6-10(18)8-19-13-5-3-4-12-14(13)11(15)7-17-12/h3-5,7,9-10,16-18H,6,8H2,1-2H3/t10-/m0/s1/i15-2. The molecule has 2 rings (SSSR count). The van der Waals surface area contributed by atoms with E-state index in [9.17, 15) is 5.11 Å². The zero-order chi connectivity index (χ0) is 13.8. The van der Waals surface area contributed by atoms with E-state index in [-0.39, 0.29) is 0 Å². The first-order valence-corrected chi connectivity index (χ1v) is 7.45. The lowest BCUT2D eigenvalue weighted by molar-refractivity contribution is 0.105. The molecule has 2 aromatic rings. The lowest BCUT2D eigenvalue weighted by Gasteiger charge is -2.15. The summed E-state index contributed by atoms with van der Waals surface area (Å²) in [4.78, 5) is 3.19. The molecule has 0 fully saturated rings. The van der Waals surface area contributed by atoms with Crippen LogP contribution in [0.4, 0.5) is 0 Å². The second-order valence-electron chi connectivity index (χ2n) is 4.84. The molecular formula is C14H19IN2O2. The normalized spacial score (nSPS) is 13.1. The SMILES string of the molecule is CC(C)NC[C@H](O)COc1cccc2[nH]cc([125I])c12. The number of halogens is 1. The van der Waals surface area contributed by atoms with Gasteiger partial charge >= 0.3 is 0 Å². The number of fused-ring (bicyclic) bond motifs is 1. The first-order chi connectivity index (χ1) is 9.08. The second-order valence-corrected chi connectivity index (χ2v) is 6.01. The van der Waals surface area contributed by atoms with Gasteiger partial charge in [0.25, 0.3) is 0 Å². The fraction of sp³-hybridized carbons (Fsp3) is 0.429. The van der Waals surface area contributed by atoms with E-state index in [1.807, 2.05) is 24.4 Å². The quantitative estimate of drug-likeness (QED) is 0.683. The third-order valence-electron chi connectivity index (χ3n) is 2.81. The van der Waals surface area contributed by atoms with Gasteiger partial charge in [-0.2, -0.15) is 0 Å². The van der Waals surface area contributed by atoms with Gasteiger partial charge in [0.05, 0.1) is 10.9 Å². The van der Waals surface area contributed by atoms with Crippen LogP contribution in [0.1, 0.15) is 13.8 Å². The number of aromatic nitrogens is 1. The van der Waals surface area contributed by atoms with Gasteiger partial charge in [-0.1, -0.05) is 19.9 Å². The largest absolute Gasteiger partial charge is 0.490 e. The van der Waals surface area contributed by atoms with Crippen LogP contribution >= 0.6 is 22.6 Å². The molecular weight excluding hydrogens is 353 g/mol. The topological polar surface area (TPSA) is 57.3 Å². The van der Waals surface area contributed by atoms with Crippen molar-refractivity contribution in [1.82, 2.24) is 10.3 Å².